The third-order valence-electron chi connectivity index (χ3n) is 3.68. The molecule has 0 aliphatic carbocycles. The molecule has 0 bridgehead atoms. The lowest BCUT2D eigenvalue weighted by atomic mass is 10.1. The molecule has 0 aromatic carbocycles. The summed E-state index contributed by atoms with van der Waals surface area (Å²) >= 11 is 0. The molecule has 0 aromatic heterocycles. The Hall–Kier alpha value is -0.810. The Bertz CT molecular complexity index is 682. The predicted molar refractivity (Wildman–Crippen MR) is 112 cm³/mol. The first-order valence-electron chi connectivity index (χ1n) is 9.26. The van der Waals surface area contributed by atoms with Gasteiger partial charge in [0.15, 0.2) is 5.78 Å². The standard InChI is InChI=1S/C19H34O7P2/c1-16(2)9-6-10-17(3)11-7-12-18(4)13-8-14-19(20)15-25-28(23,24)26-27(5,21)22/h9,11,13H,6-8,10,12,14-15H2,1-5H3,(H,21,22)(H,23,24)/b17-11+,18-13+. The Morgan fingerprint density at radius 3 is 1.79 bits per heavy atom. The van der Waals surface area contributed by atoms with E-state index in [0.717, 1.165) is 32.3 Å². The molecule has 0 radical (unpaired) electrons. The van der Waals surface area contributed by atoms with E-state index < -0.39 is 22.0 Å². The van der Waals surface area contributed by atoms with Gasteiger partial charge in [-0.15, -0.1) is 0 Å². The summed E-state index contributed by atoms with van der Waals surface area (Å²) < 4.78 is 30.8. The molecule has 0 heterocycles. The molecule has 0 saturated heterocycles. The van der Waals surface area contributed by atoms with Crippen molar-refractivity contribution in [2.75, 3.05) is 13.3 Å². The topological polar surface area (TPSA) is 110 Å². The average molecular weight is 436 g/mol. The molecule has 9 heteroatoms. The summed E-state index contributed by atoms with van der Waals surface area (Å²) in [4.78, 5) is 29.9. The first-order chi connectivity index (χ1) is 12.8. The second-order valence-corrected chi connectivity index (χ2v) is 10.6. The van der Waals surface area contributed by atoms with Gasteiger partial charge >= 0.3 is 15.4 Å². The van der Waals surface area contributed by atoms with Crippen LogP contribution in [0.2, 0.25) is 0 Å². The molecule has 0 rings (SSSR count). The van der Waals surface area contributed by atoms with E-state index in [4.69, 9.17) is 4.89 Å². The minimum Gasteiger partial charge on any atom is -0.324 e. The van der Waals surface area contributed by atoms with Gasteiger partial charge in [-0.05, 0) is 59.8 Å². The van der Waals surface area contributed by atoms with E-state index in [1.54, 1.807) is 0 Å². The lowest BCUT2D eigenvalue weighted by Crippen LogP contribution is -2.07. The van der Waals surface area contributed by atoms with E-state index in [9.17, 15) is 18.8 Å². The van der Waals surface area contributed by atoms with Gasteiger partial charge in [0.2, 0.25) is 0 Å². The van der Waals surface area contributed by atoms with Crippen molar-refractivity contribution in [3.63, 3.8) is 0 Å². The van der Waals surface area contributed by atoms with Crippen LogP contribution < -0.4 is 0 Å². The van der Waals surface area contributed by atoms with Gasteiger partial charge in [-0.1, -0.05) is 34.9 Å². The fourth-order valence-electron chi connectivity index (χ4n) is 2.26. The van der Waals surface area contributed by atoms with Crippen molar-refractivity contribution in [1.82, 2.24) is 0 Å². The smallest absolute Gasteiger partial charge is 0.324 e. The van der Waals surface area contributed by atoms with Crippen LogP contribution in [0.4, 0.5) is 0 Å². The second-order valence-electron chi connectivity index (χ2n) is 7.16. The zero-order valence-electron chi connectivity index (χ0n) is 17.5. The molecular weight excluding hydrogens is 402 g/mol. The van der Waals surface area contributed by atoms with Crippen molar-refractivity contribution in [2.45, 2.75) is 66.2 Å². The maximum Gasteiger partial charge on any atom is 0.479 e. The number of allylic oxidation sites excluding steroid dienone is 6. The number of ketones is 1. The van der Waals surface area contributed by atoms with E-state index in [1.807, 2.05) is 13.0 Å². The molecule has 0 aliphatic rings. The van der Waals surface area contributed by atoms with Crippen molar-refractivity contribution in [1.29, 1.82) is 0 Å². The lowest BCUT2D eigenvalue weighted by molar-refractivity contribution is -0.121. The van der Waals surface area contributed by atoms with Crippen LogP contribution in [-0.4, -0.2) is 28.8 Å². The molecule has 0 fully saturated rings. The molecule has 0 aliphatic heterocycles. The summed E-state index contributed by atoms with van der Waals surface area (Å²) in [6.45, 7) is 8.44. The monoisotopic (exact) mass is 436 g/mol. The second kappa shape index (κ2) is 13.4. The molecule has 0 spiro atoms. The van der Waals surface area contributed by atoms with Crippen molar-refractivity contribution < 1.29 is 32.5 Å². The van der Waals surface area contributed by atoms with Crippen LogP contribution in [-0.2, 0) is 22.8 Å². The Morgan fingerprint density at radius 2 is 1.32 bits per heavy atom. The third-order valence-corrected chi connectivity index (χ3v) is 6.17. The van der Waals surface area contributed by atoms with Gasteiger partial charge in [0.1, 0.15) is 6.61 Å². The van der Waals surface area contributed by atoms with E-state index in [0.29, 0.717) is 6.42 Å². The first-order valence-corrected chi connectivity index (χ1v) is 12.8. The molecule has 7 nitrogen and oxygen atoms in total. The van der Waals surface area contributed by atoms with Crippen LogP contribution in [0, 0.1) is 0 Å². The highest BCUT2D eigenvalue weighted by molar-refractivity contribution is 7.63. The van der Waals surface area contributed by atoms with E-state index in [2.05, 4.69) is 41.8 Å². The van der Waals surface area contributed by atoms with Crippen molar-refractivity contribution >= 4 is 21.2 Å². The minimum atomic E-state index is -4.72. The number of carbonyl (C=O) groups excluding carboxylic acids is 1. The maximum absolute atomic E-state index is 11.7. The van der Waals surface area contributed by atoms with Gasteiger partial charge < -0.3 is 9.79 Å². The number of phosphoric ester groups is 1. The van der Waals surface area contributed by atoms with Crippen LogP contribution in [0.1, 0.15) is 66.2 Å². The van der Waals surface area contributed by atoms with Gasteiger partial charge in [-0.2, -0.15) is 0 Å². The summed E-state index contributed by atoms with van der Waals surface area (Å²) in [6, 6.07) is 0. The summed E-state index contributed by atoms with van der Waals surface area (Å²) in [5.74, 6) is -0.388. The molecule has 162 valence electrons. The number of phosphoric acid groups is 1. The molecule has 0 amide bonds. The first kappa shape index (κ1) is 27.2. The fourth-order valence-corrected chi connectivity index (χ4v) is 4.29. The van der Waals surface area contributed by atoms with Crippen molar-refractivity contribution in [2.24, 2.45) is 0 Å². The SMILES string of the molecule is CC(C)=CCC/C(C)=C/CC/C(C)=C/CCC(=O)COP(=O)(O)OP(C)(=O)O. The van der Waals surface area contributed by atoms with Gasteiger partial charge in [0.05, 0.1) is 0 Å². The normalized spacial score (nSPS) is 17.0. The van der Waals surface area contributed by atoms with Crippen molar-refractivity contribution in [3.8, 4) is 0 Å². The summed E-state index contributed by atoms with van der Waals surface area (Å²) in [6.07, 6.45) is 11.1. The Balaban J connectivity index is 4.14. The Kier molecular flexibility index (Phi) is 13.0. The van der Waals surface area contributed by atoms with Crippen LogP contribution in [0.25, 0.3) is 0 Å². The number of hydrogen-bond donors (Lipinski definition) is 2. The Labute approximate surface area is 168 Å². The largest absolute Gasteiger partial charge is 0.479 e. The lowest BCUT2D eigenvalue weighted by Gasteiger charge is -2.12. The van der Waals surface area contributed by atoms with Crippen LogP contribution in [0.5, 0.6) is 0 Å². The predicted octanol–water partition coefficient (Wildman–Crippen LogP) is 5.70. The number of hydrogen-bond acceptors (Lipinski definition) is 5. The molecular formula is C19H34O7P2. The molecule has 0 saturated carbocycles. The zero-order valence-corrected chi connectivity index (χ0v) is 19.3. The van der Waals surface area contributed by atoms with E-state index >= 15 is 0 Å². The highest BCUT2D eigenvalue weighted by atomic mass is 31.3. The average Bonchev–Trinajstić information content (AvgIpc) is 2.50. The molecule has 0 aromatic rings. The van der Waals surface area contributed by atoms with Crippen LogP contribution in [0.3, 0.4) is 0 Å². The van der Waals surface area contributed by atoms with E-state index in [1.165, 1.54) is 16.7 Å². The number of rotatable bonds is 14. The van der Waals surface area contributed by atoms with Crippen molar-refractivity contribution in [3.05, 3.63) is 34.9 Å². The van der Waals surface area contributed by atoms with Crippen LogP contribution in [0.15, 0.2) is 34.9 Å². The van der Waals surface area contributed by atoms with Gasteiger partial charge in [0, 0.05) is 13.1 Å². The minimum absolute atomic E-state index is 0.151. The zero-order chi connectivity index (χ0) is 21.8. The Morgan fingerprint density at radius 1 is 0.857 bits per heavy atom. The summed E-state index contributed by atoms with van der Waals surface area (Å²) in [5, 5.41) is 0. The summed E-state index contributed by atoms with van der Waals surface area (Å²) in [7, 11) is -8.89. The molecule has 2 N–H and O–H groups in total. The van der Waals surface area contributed by atoms with Gasteiger partial charge in [0.25, 0.3) is 0 Å². The molecule has 2 atom stereocenters. The number of carbonyl (C=O) groups is 1. The van der Waals surface area contributed by atoms with Gasteiger partial charge in [-0.25, -0.2) is 8.88 Å². The van der Waals surface area contributed by atoms with Crippen LogP contribution >= 0.6 is 15.4 Å². The van der Waals surface area contributed by atoms with Gasteiger partial charge in [-0.3, -0.25) is 13.9 Å². The fraction of sp³-hybridized carbons (Fsp3) is 0.632. The highest BCUT2D eigenvalue weighted by Gasteiger charge is 2.30. The van der Waals surface area contributed by atoms with E-state index in [-0.39, 0.29) is 12.2 Å². The summed E-state index contributed by atoms with van der Waals surface area (Å²) in [5.41, 5.74) is 3.87. The molecule has 2 unspecified atom stereocenters. The third kappa shape index (κ3) is 17.3. The quantitative estimate of drug-likeness (QED) is 0.265. The maximum atomic E-state index is 11.7. The molecule has 28 heavy (non-hydrogen) atoms. The number of Topliss-reactive ketones (excluding diaryl/α,β-unsaturated/α-hetero) is 1. The highest BCUT2D eigenvalue weighted by Crippen LogP contribution is 2.57.